The molecule has 1 N–H and O–H groups in total. The molecule has 0 radical (unpaired) electrons. The summed E-state index contributed by atoms with van der Waals surface area (Å²) in [7, 11) is 3.33. The molecule has 20 heavy (non-hydrogen) atoms. The van der Waals surface area contributed by atoms with E-state index < -0.39 is 5.97 Å². The maximum Gasteiger partial charge on any atom is 0.306 e. The Morgan fingerprint density at radius 2 is 1.55 bits per heavy atom. The van der Waals surface area contributed by atoms with Crippen LogP contribution in [0.1, 0.15) is 32.6 Å². The molecule has 0 heterocycles. The average molecular weight is 284 g/mol. The first-order chi connectivity index (χ1) is 9.36. The molecule has 1 rings (SSSR count). The van der Waals surface area contributed by atoms with Crippen LogP contribution in [0, 0.1) is 11.8 Å². The van der Waals surface area contributed by atoms with Gasteiger partial charge in [-0.25, -0.2) is 0 Å². The van der Waals surface area contributed by atoms with Gasteiger partial charge < -0.3 is 14.9 Å². The summed E-state index contributed by atoms with van der Waals surface area (Å²) in [6.07, 6.45) is 2.29. The van der Waals surface area contributed by atoms with Gasteiger partial charge in [-0.1, -0.05) is 0 Å². The molecule has 2 amide bonds. The van der Waals surface area contributed by atoms with Gasteiger partial charge in [0.05, 0.1) is 12.5 Å². The lowest BCUT2D eigenvalue weighted by Crippen LogP contribution is -2.43. The maximum atomic E-state index is 12.4. The summed E-state index contributed by atoms with van der Waals surface area (Å²) in [5, 5.41) is 8.95. The third kappa shape index (κ3) is 4.21. The van der Waals surface area contributed by atoms with E-state index in [4.69, 9.17) is 5.11 Å². The van der Waals surface area contributed by atoms with Crippen molar-refractivity contribution in [1.82, 2.24) is 9.80 Å². The van der Waals surface area contributed by atoms with Gasteiger partial charge in [0.25, 0.3) is 0 Å². The van der Waals surface area contributed by atoms with E-state index in [1.165, 1.54) is 4.90 Å². The van der Waals surface area contributed by atoms with Crippen LogP contribution in [0.3, 0.4) is 0 Å². The lowest BCUT2D eigenvalue weighted by molar-refractivity contribution is -0.146. The first kappa shape index (κ1) is 16.5. The molecule has 0 bridgehead atoms. The summed E-state index contributed by atoms with van der Waals surface area (Å²) in [4.78, 5) is 38.0. The number of carboxylic acids is 1. The number of amides is 2. The zero-order chi connectivity index (χ0) is 15.3. The molecule has 1 saturated carbocycles. The largest absolute Gasteiger partial charge is 0.481 e. The molecule has 0 aliphatic heterocycles. The summed E-state index contributed by atoms with van der Waals surface area (Å²) >= 11 is 0. The van der Waals surface area contributed by atoms with Crippen molar-refractivity contribution in [2.24, 2.45) is 11.8 Å². The molecule has 0 saturated heterocycles. The second-order valence-electron chi connectivity index (χ2n) is 5.53. The van der Waals surface area contributed by atoms with E-state index in [-0.39, 0.29) is 30.2 Å². The van der Waals surface area contributed by atoms with Crippen molar-refractivity contribution < 1.29 is 19.5 Å². The molecule has 0 aromatic rings. The normalized spacial score (nSPS) is 22.1. The van der Waals surface area contributed by atoms with E-state index >= 15 is 0 Å². The van der Waals surface area contributed by atoms with E-state index in [0.29, 0.717) is 32.2 Å². The van der Waals surface area contributed by atoms with Crippen LogP contribution in [0.4, 0.5) is 0 Å². The summed E-state index contributed by atoms with van der Waals surface area (Å²) in [5.74, 6) is -1.35. The highest BCUT2D eigenvalue weighted by molar-refractivity contribution is 5.86. The van der Waals surface area contributed by atoms with E-state index in [2.05, 4.69) is 0 Å². The molecule has 114 valence electrons. The Morgan fingerprint density at radius 3 is 1.95 bits per heavy atom. The van der Waals surface area contributed by atoms with Gasteiger partial charge >= 0.3 is 5.97 Å². The topological polar surface area (TPSA) is 77.9 Å². The van der Waals surface area contributed by atoms with Crippen LogP contribution in [-0.2, 0) is 14.4 Å². The van der Waals surface area contributed by atoms with Gasteiger partial charge in [0, 0.05) is 26.6 Å². The van der Waals surface area contributed by atoms with E-state index in [9.17, 15) is 14.4 Å². The van der Waals surface area contributed by atoms with Crippen molar-refractivity contribution in [3.8, 4) is 0 Å². The molecule has 6 heteroatoms. The second kappa shape index (κ2) is 7.26. The van der Waals surface area contributed by atoms with Crippen molar-refractivity contribution in [2.45, 2.75) is 32.6 Å². The number of hydrogen-bond donors (Lipinski definition) is 1. The Morgan fingerprint density at radius 1 is 1.05 bits per heavy atom. The first-order valence-electron chi connectivity index (χ1n) is 7.08. The predicted octanol–water partition coefficient (Wildman–Crippen LogP) is 0.814. The monoisotopic (exact) mass is 284 g/mol. The zero-order valence-corrected chi connectivity index (χ0v) is 12.5. The molecule has 0 spiro atoms. The molecule has 0 unspecified atom stereocenters. The molecule has 6 nitrogen and oxygen atoms in total. The minimum absolute atomic E-state index is 0.0217. The van der Waals surface area contributed by atoms with Gasteiger partial charge in [0.2, 0.25) is 11.8 Å². The van der Waals surface area contributed by atoms with Crippen LogP contribution < -0.4 is 0 Å². The smallest absolute Gasteiger partial charge is 0.306 e. The number of aliphatic carboxylic acids is 1. The molecule has 1 aliphatic rings. The number of carboxylic acid groups (broad SMARTS) is 1. The van der Waals surface area contributed by atoms with Crippen molar-refractivity contribution in [3.05, 3.63) is 0 Å². The molecule has 1 fully saturated rings. The number of hydrogen-bond acceptors (Lipinski definition) is 3. The van der Waals surface area contributed by atoms with Crippen molar-refractivity contribution in [3.63, 3.8) is 0 Å². The van der Waals surface area contributed by atoms with Gasteiger partial charge in [0.1, 0.15) is 0 Å². The maximum absolute atomic E-state index is 12.4. The van der Waals surface area contributed by atoms with Crippen LogP contribution >= 0.6 is 0 Å². The third-order valence-electron chi connectivity index (χ3n) is 3.94. The molecule has 0 aromatic carbocycles. The Balaban J connectivity index is 2.55. The Kier molecular flexibility index (Phi) is 5.98. The highest BCUT2D eigenvalue weighted by Gasteiger charge is 2.32. The zero-order valence-electron chi connectivity index (χ0n) is 12.5. The SMILES string of the molecule is CCN(CC(=O)N(C)C)C(=O)C1CCC(C(=O)O)CC1. The fourth-order valence-corrected chi connectivity index (χ4v) is 2.50. The number of carbonyl (C=O) groups is 3. The highest BCUT2D eigenvalue weighted by atomic mass is 16.4. The summed E-state index contributed by atoms with van der Waals surface area (Å²) in [6.45, 7) is 2.45. The predicted molar refractivity (Wildman–Crippen MR) is 74.0 cm³/mol. The van der Waals surface area contributed by atoms with Crippen LogP contribution in [0.15, 0.2) is 0 Å². The van der Waals surface area contributed by atoms with Crippen molar-refractivity contribution in [2.75, 3.05) is 27.2 Å². The number of carbonyl (C=O) groups excluding carboxylic acids is 2. The minimum atomic E-state index is -0.772. The average Bonchev–Trinajstić information content (AvgIpc) is 2.43. The Labute approximate surface area is 119 Å². The lowest BCUT2D eigenvalue weighted by Gasteiger charge is -2.30. The van der Waals surface area contributed by atoms with Gasteiger partial charge in [0.15, 0.2) is 0 Å². The van der Waals surface area contributed by atoms with Crippen LogP contribution in [0.25, 0.3) is 0 Å². The van der Waals surface area contributed by atoms with Crippen molar-refractivity contribution >= 4 is 17.8 Å². The quantitative estimate of drug-likeness (QED) is 0.810. The third-order valence-corrected chi connectivity index (χ3v) is 3.94. The van der Waals surface area contributed by atoms with E-state index in [1.54, 1.807) is 19.0 Å². The van der Waals surface area contributed by atoms with Gasteiger partial charge in [-0.2, -0.15) is 0 Å². The second-order valence-corrected chi connectivity index (χ2v) is 5.53. The van der Waals surface area contributed by atoms with Gasteiger partial charge in [-0.3, -0.25) is 14.4 Å². The van der Waals surface area contributed by atoms with E-state index in [0.717, 1.165) is 0 Å². The van der Waals surface area contributed by atoms with Crippen LogP contribution in [0.2, 0.25) is 0 Å². The minimum Gasteiger partial charge on any atom is -0.481 e. The van der Waals surface area contributed by atoms with Gasteiger partial charge in [-0.05, 0) is 32.6 Å². The van der Waals surface area contributed by atoms with Crippen LogP contribution in [-0.4, -0.2) is 59.9 Å². The fourth-order valence-electron chi connectivity index (χ4n) is 2.50. The lowest BCUT2D eigenvalue weighted by atomic mass is 9.81. The summed E-state index contributed by atoms with van der Waals surface area (Å²) in [5.41, 5.74) is 0. The number of likely N-dealkylation sites (N-methyl/N-ethyl adjacent to an activating group) is 2. The van der Waals surface area contributed by atoms with E-state index in [1.807, 2.05) is 6.92 Å². The Bertz CT molecular complexity index is 373. The molecular weight excluding hydrogens is 260 g/mol. The van der Waals surface area contributed by atoms with Crippen molar-refractivity contribution in [1.29, 1.82) is 0 Å². The van der Waals surface area contributed by atoms with Crippen LogP contribution in [0.5, 0.6) is 0 Å². The standard InChI is InChI=1S/C14H24N2O4/c1-4-16(9-12(17)15(2)3)13(18)10-5-7-11(8-6-10)14(19)20/h10-11H,4-9H2,1-3H3,(H,19,20). The Hall–Kier alpha value is -1.59. The number of nitrogens with zero attached hydrogens (tertiary/aromatic N) is 2. The molecule has 1 aliphatic carbocycles. The molecular formula is C14H24N2O4. The fraction of sp³-hybridized carbons (Fsp3) is 0.786. The van der Waals surface area contributed by atoms with Gasteiger partial charge in [-0.15, -0.1) is 0 Å². The number of rotatable bonds is 5. The highest BCUT2D eigenvalue weighted by Crippen LogP contribution is 2.30. The molecule has 0 aromatic heterocycles. The summed E-state index contributed by atoms with van der Waals surface area (Å²) in [6, 6.07) is 0. The molecule has 0 atom stereocenters. The summed E-state index contributed by atoms with van der Waals surface area (Å²) < 4.78 is 0. The first-order valence-corrected chi connectivity index (χ1v) is 7.08.